The van der Waals surface area contributed by atoms with Crippen LogP contribution in [0.2, 0.25) is 0 Å². The van der Waals surface area contributed by atoms with Crippen LogP contribution in [0.3, 0.4) is 0 Å². The maximum atomic E-state index is 12.4. The normalized spacial score (nSPS) is 38.7. The second-order valence-electron chi connectivity index (χ2n) is 7.47. The lowest BCUT2D eigenvalue weighted by Crippen LogP contribution is -2.54. The molecule has 0 aromatic heterocycles. The second-order valence-corrected chi connectivity index (χ2v) is 7.47. The fourth-order valence-corrected chi connectivity index (χ4v) is 4.66. The lowest BCUT2D eigenvalue weighted by Gasteiger charge is -2.49. The Morgan fingerprint density at radius 2 is 2.05 bits per heavy atom. The lowest BCUT2D eigenvalue weighted by atomic mass is 9.55. The van der Waals surface area contributed by atoms with Gasteiger partial charge >= 0.3 is 11.9 Å². The number of hydrogen-bond acceptors (Lipinski definition) is 5. The number of rotatable bonds is 2. The molecule has 0 amide bonds. The molecule has 0 unspecified atom stereocenters. The molecule has 0 radical (unpaired) electrons. The molecule has 1 spiro atoms. The number of carbonyl (C=O) groups excluding carboxylic acids is 2. The number of fused-ring (bicyclic) bond motifs is 1. The van der Waals surface area contributed by atoms with E-state index in [1.54, 1.807) is 0 Å². The Labute approximate surface area is 131 Å². The summed E-state index contributed by atoms with van der Waals surface area (Å²) in [6, 6.07) is 0. The molecule has 1 aliphatic heterocycles. The van der Waals surface area contributed by atoms with Gasteiger partial charge in [-0.05, 0) is 24.3 Å². The largest absolute Gasteiger partial charge is 0.467 e. The highest BCUT2D eigenvalue weighted by Crippen LogP contribution is 2.61. The Kier molecular flexibility index (Phi) is 3.40. The highest BCUT2D eigenvalue weighted by Gasteiger charge is 2.65. The van der Waals surface area contributed by atoms with Crippen LogP contribution in [-0.2, 0) is 23.8 Å². The molecule has 1 heterocycles. The van der Waals surface area contributed by atoms with E-state index in [-0.39, 0.29) is 10.8 Å². The molecular weight excluding hydrogens is 284 g/mol. The number of esters is 2. The van der Waals surface area contributed by atoms with Crippen molar-refractivity contribution < 1.29 is 23.8 Å². The molecule has 22 heavy (non-hydrogen) atoms. The molecule has 1 saturated heterocycles. The molecule has 3 aliphatic rings. The summed E-state index contributed by atoms with van der Waals surface area (Å²) in [5.41, 5.74) is 0.00541. The topological polar surface area (TPSA) is 61.8 Å². The van der Waals surface area contributed by atoms with Crippen LogP contribution in [-0.4, -0.2) is 37.4 Å². The highest BCUT2D eigenvalue weighted by atomic mass is 16.6. The molecule has 1 saturated carbocycles. The van der Waals surface area contributed by atoms with Crippen molar-refractivity contribution in [3.8, 4) is 0 Å². The molecule has 3 rings (SSSR count). The van der Waals surface area contributed by atoms with Crippen molar-refractivity contribution in [2.45, 2.75) is 58.2 Å². The van der Waals surface area contributed by atoms with Crippen LogP contribution in [0.1, 0.15) is 46.5 Å². The molecule has 5 heteroatoms. The Bertz CT molecular complexity index is 549. The van der Waals surface area contributed by atoms with Gasteiger partial charge in [0.15, 0.2) is 6.10 Å². The monoisotopic (exact) mass is 308 g/mol. The Morgan fingerprint density at radius 3 is 2.68 bits per heavy atom. The van der Waals surface area contributed by atoms with Crippen molar-refractivity contribution in [2.75, 3.05) is 13.7 Å². The van der Waals surface area contributed by atoms with Gasteiger partial charge in [0.05, 0.1) is 13.7 Å². The van der Waals surface area contributed by atoms with Gasteiger partial charge in [0.1, 0.15) is 0 Å². The van der Waals surface area contributed by atoms with E-state index in [1.165, 1.54) is 19.6 Å². The average molecular weight is 308 g/mol. The van der Waals surface area contributed by atoms with Gasteiger partial charge in [0, 0.05) is 18.8 Å². The maximum absolute atomic E-state index is 12.4. The fraction of sp³-hybridized carbons (Fsp3) is 0.765. The van der Waals surface area contributed by atoms with Crippen LogP contribution in [0.25, 0.3) is 0 Å². The van der Waals surface area contributed by atoms with Crippen LogP contribution >= 0.6 is 0 Å². The van der Waals surface area contributed by atoms with Crippen LogP contribution in [0.4, 0.5) is 0 Å². The van der Waals surface area contributed by atoms with Gasteiger partial charge in [-0.3, -0.25) is 4.79 Å². The quantitative estimate of drug-likeness (QED) is 0.579. The smallest absolute Gasteiger partial charge is 0.342 e. The van der Waals surface area contributed by atoms with Gasteiger partial charge in [-0.1, -0.05) is 25.8 Å². The van der Waals surface area contributed by atoms with Crippen molar-refractivity contribution in [1.82, 2.24) is 0 Å². The van der Waals surface area contributed by atoms with Gasteiger partial charge in [-0.15, -0.1) is 0 Å². The summed E-state index contributed by atoms with van der Waals surface area (Å²) in [6.07, 6.45) is 5.02. The molecule has 2 aliphatic carbocycles. The first-order valence-corrected chi connectivity index (χ1v) is 7.88. The minimum Gasteiger partial charge on any atom is -0.467 e. The van der Waals surface area contributed by atoms with Crippen LogP contribution in [0, 0.1) is 10.8 Å². The molecular formula is C17H24O5. The Hall–Kier alpha value is -1.36. The van der Waals surface area contributed by atoms with Gasteiger partial charge in [-0.2, -0.15) is 0 Å². The first kappa shape index (κ1) is 15.5. The zero-order valence-electron chi connectivity index (χ0n) is 13.7. The number of hydrogen-bond donors (Lipinski definition) is 0. The summed E-state index contributed by atoms with van der Waals surface area (Å²) in [5.74, 6) is -0.865. The van der Waals surface area contributed by atoms with E-state index in [1.807, 2.05) is 6.08 Å². The van der Waals surface area contributed by atoms with Gasteiger partial charge < -0.3 is 14.2 Å². The van der Waals surface area contributed by atoms with Crippen molar-refractivity contribution >= 4 is 11.9 Å². The zero-order valence-corrected chi connectivity index (χ0v) is 13.7. The molecule has 122 valence electrons. The van der Waals surface area contributed by atoms with Crippen molar-refractivity contribution in [1.29, 1.82) is 0 Å². The predicted molar refractivity (Wildman–Crippen MR) is 79.0 cm³/mol. The third-order valence-electron chi connectivity index (χ3n) is 5.57. The minimum atomic E-state index is -1.18. The van der Waals surface area contributed by atoms with E-state index in [0.29, 0.717) is 13.0 Å². The maximum Gasteiger partial charge on any atom is 0.342 e. The van der Waals surface area contributed by atoms with E-state index in [0.717, 1.165) is 19.3 Å². The summed E-state index contributed by atoms with van der Waals surface area (Å²) in [7, 11) is 1.35. The number of methoxy groups -OCH3 is 1. The number of ether oxygens (including phenoxy) is 3. The minimum absolute atomic E-state index is 0.0344. The summed E-state index contributed by atoms with van der Waals surface area (Å²) in [6.45, 7) is 6.28. The van der Waals surface area contributed by atoms with E-state index in [9.17, 15) is 9.59 Å². The van der Waals surface area contributed by atoms with Gasteiger partial charge in [0.25, 0.3) is 0 Å². The zero-order chi connectivity index (χ0) is 16.2. The molecule has 3 atom stereocenters. The van der Waals surface area contributed by atoms with E-state index in [2.05, 4.69) is 13.8 Å². The van der Waals surface area contributed by atoms with E-state index < -0.39 is 23.6 Å². The third kappa shape index (κ3) is 2.02. The van der Waals surface area contributed by atoms with Gasteiger partial charge in [-0.25, -0.2) is 4.79 Å². The standard InChI is InChI=1S/C17H24O5/c1-11(18)22-13-8-12-15(2,3)6-5-7-16(12)9-17(13,21-10-16)14(19)20-4/h8,13H,5-7,9-10H2,1-4H3/t13-,16-,17-/m0/s1. The van der Waals surface area contributed by atoms with E-state index in [4.69, 9.17) is 14.2 Å². The fourth-order valence-electron chi connectivity index (χ4n) is 4.66. The summed E-state index contributed by atoms with van der Waals surface area (Å²) >= 11 is 0. The molecule has 5 nitrogen and oxygen atoms in total. The molecule has 0 aromatic rings. The van der Waals surface area contributed by atoms with Crippen molar-refractivity contribution in [3.63, 3.8) is 0 Å². The summed E-state index contributed by atoms with van der Waals surface area (Å²) < 4.78 is 16.4. The molecule has 2 bridgehead atoms. The Balaban J connectivity index is 2.10. The van der Waals surface area contributed by atoms with Crippen LogP contribution in [0.5, 0.6) is 0 Å². The average Bonchev–Trinajstić information content (AvgIpc) is 2.76. The second kappa shape index (κ2) is 4.82. The SMILES string of the molecule is COC(=O)[C@]12C[C@@]3(CCCC(C)(C)C3=C[C@@H]1OC(C)=O)CO2. The third-order valence-corrected chi connectivity index (χ3v) is 5.57. The van der Waals surface area contributed by atoms with Crippen molar-refractivity contribution in [3.05, 3.63) is 11.6 Å². The van der Waals surface area contributed by atoms with E-state index >= 15 is 0 Å². The van der Waals surface area contributed by atoms with Crippen LogP contribution in [0.15, 0.2) is 11.6 Å². The number of carbonyl (C=O) groups is 2. The van der Waals surface area contributed by atoms with Gasteiger partial charge in [0.2, 0.25) is 5.60 Å². The first-order valence-electron chi connectivity index (χ1n) is 7.88. The molecule has 0 N–H and O–H groups in total. The lowest BCUT2D eigenvalue weighted by molar-refractivity contribution is -0.182. The predicted octanol–water partition coefficient (Wildman–Crippen LogP) is 2.39. The summed E-state index contributed by atoms with van der Waals surface area (Å²) in [4.78, 5) is 23.9. The summed E-state index contributed by atoms with van der Waals surface area (Å²) in [5, 5.41) is 0. The first-order chi connectivity index (χ1) is 10.3. The highest BCUT2D eigenvalue weighted by molar-refractivity contribution is 5.83. The van der Waals surface area contributed by atoms with Crippen molar-refractivity contribution in [2.24, 2.45) is 10.8 Å². The Morgan fingerprint density at radius 1 is 1.32 bits per heavy atom. The molecule has 0 aromatic carbocycles. The van der Waals surface area contributed by atoms with Crippen LogP contribution < -0.4 is 0 Å². The molecule has 2 fully saturated rings.